The Balaban J connectivity index is 1.23. The van der Waals surface area contributed by atoms with Crippen molar-refractivity contribution < 1.29 is 4.79 Å². The van der Waals surface area contributed by atoms with Gasteiger partial charge in [-0.05, 0) is 47.5 Å². The highest BCUT2D eigenvalue weighted by atomic mass is 35.5. The summed E-state index contributed by atoms with van der Waals surface area (Å²) in [4.78, 5) is 18.4. The van der Waals surface area contributed by atoms with Gasteiger partial charge in [0.05, 0.1) is 0 Å². The predicted octanol–water partition coefficient (Wildman–Crippen LogP) is 6.10. The van der Waals surface area contributed by atoms with Crippen LogP contribution in [-0.2, 0) is 5.75 Å². The van der Waals surface area contributed by atoms with E-state index in [4.69, 9.17) is 11.6 Å². The van der Waals surface area contributed by atoms with Gasteiger partial charge in [0.2, 0.25) is 0 Å². The first-order valence-corrected chi connectivity index (χ1v) is 12.2. The van der Waals surface area contributed by atoms with E-state index in [-0.39, 0.29) is 5.91 Å². The molecule has 3 aromatic rings. The van der Waals surface area contributed by atoms with Crippen LogP contribution in [0, 0.1) is 0 Å². The summed E-state index contributed by atoms with van der Waals surface area (Å²) < 4.78 is 0. The molecular weight excluding hydrogens is 436 g/mol. The number of amides is 1. The molecule has 5 heteroatoms. The van der Waals surface area contributed by atoms with Crippen LogP contribution in [0.2, 0.25) is 5.02 Å². The molecule has 3 aromatic carbocycles. The molecule has 0 aromatic heterocycles. The molecule has 1 amide bonds. The Labute approximate surface area is 199 Å². The lowest BCUT2D eigenvalue weighted by Crippen LogP contribution is -2.48. The fourth-order valence-electron chi connectivity index (χ4n) is 3.66. The van der Waals surface area contributed by atoms with Crippen molar-refractivity contribution >= 4 is 35.3 Å². The summed E-state index contributed by atoms with van der Waals surface area (Å²) in [7, 11) is 0. The summed E-state index contributed by atoms with van der Waals surface area (Å²) in [6.07, 6.45) is 4.36. The average Bonchev–Trinajstić information content (AvgIpc) is 2.85. The summed E-state index contributed by atoms with van der Waals surface area (Å²) in [6, 6.07) is 26.2. The van der Waals surface area contributed by atoms with E-state index in [1.165, 1.54) is 16.0 Å². The normalized spacial score (nSPS) is 14.7. The van der Waals surface area contributed by atoms with Gasteiger partial charge in [-0.2, -0.15) is 0 Å². The maximum absolute atomic E-state index is 12.9. The summed E-state index contributed by atoms with van der Waals surface area (Å²) in [5, 5.41) is 0.752. The highest BCUT2D eigenvalue weighted by Crippen LogP contribution is 2.24. The van der Waals surface area contributed by atoms with Gasteiger partial charge in [0.25, 0.3) is 5.91 Å². The Morgan fingerprint density at radius 3 is 2.25 bits per heavy atom. The van der Waals surface area contributed by atoms with Gasteiger partial charge in [-0.1, -0.05) is 66.2 Å². The molecule has 1 aliphatic rings. The van der Waals surface area contributed by atoms with Gasteiger partial charge in [0.1, 0.15) is 0 Å². The van der Waals surface area contributed by atoms with Crippen LogP contribution >= 0.6 is 23.4 Å². The molecule has 0 saturated carbocycles. The molecule has 0 unspecified atom stereocenters. The second kappa shape index (κ2) is 11.4. The van der Waals surface area contributed by atoms with Crippen LogP contribution in [0.3, 0.4) is 0 Å². The molecule has 164 valence electrons. The third kappa shape index (κ3) is 6.49. The highest BCUT2D eigenvalue weighted by Gasteiger charge is 2.21. The van der Waals surface area contributed by atoms with E-state index in [1.54, 1.807) is 11.8 Å². The minimum absolute atomic E-state index is 0.126. The Bertz CT molecular complexity index is 1030. The van der Waals surface area contributed by atoms with Crippen molar-refractivity contribution in [1.82, 2.24) is 9.80 Å². The number of piperazine rings is 1. The van der Waals surface area contributed by atoms with Crippen LogP contribution in [-0.4, -0.2) is 48.4 Å². The summed E-state index contributed by atoms with van der Waals surface area (Å²) >= 11 is 7.71. The van der Waals surface area contributed by atoms with Gasteiger partial charge in [0, 0.05) is 54.0 Å². The number of nitrogens with zero attached hydrogens (tertiary/aromatic N) is 2. The SMILES string of the molecule is O=C(c1ccc(CSc2ccc(Cl)cc2)cc1)N1CCN(CC=Cc2ccccc2)CC1. The fourth-order valence-corrected chi connectivity index (χ4v) is 4.64. The molecule has 1 fully saturated rings. The van der Waals surface area contributed by atoms with Crippen LogP contribution in [0.25, 0.3) is 6.08 Å². The number of rotatable bonds is 7. The van der Waals surface area contributed by atoms with E-state index in [2.05, 4.69) is 53.5 Å². The van der Waals surface area contributed by atoms with Crippen molar-refractivity contribution in [2.45, 2.75) is 10.6 Å². The molecule has 1 aliphatic heterocycles. The van der Waals surface area contributed by atoms with E-state index in [9.17, 15) is 4.79 Å². The molecule has 3 nitrogen and oxygen atoms in total. The van der Waals surface area contributed by atoms with Crippen molar-refractivity contribution in [3.05, 3.63) is 107 Å². The first-order chi connectivity index (χ1) is 15.7. The van der Waals surface area contributed by atoms with Crippen molar-refractivity contribution in [2.75, 3.05) is 32.7 Å². The topological polar surface area (TPSA) is 23.6 Å². The number of benzene rings is 3. The van der Waals surface area contributed by atoms with Gasteiger partial charge in [-0.25, -0.2) is 0 Å². The van der Waals surface area contributed by atoms with Crippen molar-refractivity contribution in [2.24, 2.45) is 0 Å². The standard InChI is InChI=1S/C27H27ClN2OS/c28-25-12-14-26(15-13-25)32-21-23-8-10-24(11-9-23)27(31)30-19-17-29(18-20-30)16-4-7-22-5-2-1-3-6-22/h1-15H,16-21H2. The first kappa shape index (κ1) is 22.7. The van der Waals surface area contributed by atoms with Gasteiger partial charge in [0.15, 0.2) is 0 Å². The minimum Gasteiger partial charge on any atom is -0.336 e. The number of thioether (sulfide) groups is 1. The third-order valence-electron chi connectivity index (χ3n) is 5.55. The number of halogens is 1. The molecule has 1 heterocycles. The van der Waals surface area contributed by atoms with Crippen LogP contribution in [0.1, 0.15) is 21.5 Å². The lowest BCUT2D eigenvalue weighted by Gasteiger charge is -2.34. The predicted molar refractivity (Wildman–Crippen MR) is 135 cm³/mol. The summed E-state index contributed by atoms with van der Waals surface area (Å²) in [6.45, 7) is 4.26. The number of carbonyl (C=O) groups is 1. The quantitative estimate of drug-likeness (QED) is 0.396. The molecule has 0 bridgehead atoms. The van der Waals surface area contributed by atoms with Crippen LogP contribution in [0.15, 0.2) is 89.8 Å². The van der Waals surface area contributed by atoms with Crippen molar-refractivity contribution in [3.63, 3.8) is 0 Å². The van der Waals surface area contributed by atoms with E-state index in [0.29, 0.717) is 0 Å². The second-order valence-electron chi connectivity index (χ2n) is 7.85. The molecule has 0 atom stereocenters. The lowest BCUT2D eigenvalue weighted by molar-refractivity contribution is 0.0650. The van der Waals surface area contributed by atoms with E-state index in [0.717, 1.165) is 49.1 Å². The van der Waals surface area contributed by atoms with Gasteiger partial charge < -0.3 is 4.90 Å². The average molecular weight is 463 g/mol. The van der Waals surface area contributed by atoms with Crippen LogP contribution in [0.4, 0.5) is 0 Å². The fraction of sp³-hybridized carbons (Fsp3) is 0.222. The summed E-state index contributed by atoms with van der Waals surface area (Å²) in [5.74, 6) is 0.993. The van der Waals surface area contributed by atoms with E-state index >= 15 is 0 Å². The second-order valence-corrected chi connectivity index (χ2v) is 9.33. The van der Waals surface area contributed by atoms with Crippen LogP contribution < -0.4 is 0 Å². The maximum atomic E-state index is 12.9. The molecule has 4 rings (SSSR count). The van der Waals surface area contributed by atoms with E-state index < -0.39 is 0 Å². The Kier molecular flexibility index (Phi) is 8.05. The van der Waals surface area contributed by atoms with Gasteiger partial charge in [-0.15, -0.1) is 11.8 Å². The molecule has 0 aliphatic carbocycles. The number of hydrogen-bond acceptors (Lipinski definition) is 3. The Hall–Kier alpha value is -2.53. The largest absolute Gasteiger partial charge is 0.336 e. The maximum Gasteiger partial charge on any atom is 0.253 e. The first-order valence-electron chi connectivity index (χ1n) is 10.9. The number of carbonyl (C=O) groups excluding carboxylic acids is 1. The Morgan fingerprint density at radius 1 is 0.875 bits per heavy atom. The molecule has 1 saturated heterocycles. The monoisotopic (exact) mass is 462 g/mol. The Morgan fingerprint density at radius 2 is 1.56 bits per heavy atom. The van der Waals surface area contributed by atoms with Crippen LogP contribution in [0.5, 0.6) is 0 Å². The van der Waals surface area contributed by atoms with Crippen molar-refractivity contribution in [3.8, 4) is 0 Å². The highest BCUT2D eigenvalue weighted by molar-refractivity contribution is 7.98. The summed E-state index contributed by atoms with van der Waals surface area (Å²) in [5.41, 5.74) is 3.19. The minimum atomic E-state index is 0.126. The molecule has 0 spiro atoms. The molecular formula is C27H27ClN2OS. The smallest absolute Gasteiger partial charge is 0.253 e. The zero-order chi connectivity index (χ0) is 22.2. The molecule has 32 heavy (non-hydrogen) atoms. The third-order valence-corrected chi connectivity index (χ3v) is 6.89. The zero-order valence-corrected chi connectivity index (χ0v) is 19.6. The zero-order valence-electron chi connectivity index (χ0n) is 18.0. The molecule has 0 radical (unpaired) electrons. The number of hydrogen-bond donors (Lipinski definition) is 0. The van der Waals surface area contributed by atoms with Gasteiger partial charge in [-0.3, -0.25) is 9.69 Å². The van der Waals surface area contributed by atoms with Gasteiger partial charge >= 0.3 is 0 Å². The van der Waals surface area contributed by atoms with E-state index in [1.807, 2.05) is 47.4 Å². The van der Waals surface area contributed by atoms with Crippen molar-refractivity contribution in [1.29, 1.82) is 0 Å². The molecule has 0 N–H and O–H groups in total. The lowest BCUT2D eigenvalue weighted by atomic mass is 10.1.